The van der Waals surface area contributed by atoms with Crippen molar-refractivity contribution < 1.29 is 18.7 Å². The first kappa shape index (κ1) is 15.1. The second kappa shape index (κ2) is 5.99. The standard InChI is InChI=1S/C13H11ClFN3O3/c1-3-4-21-11-6-10(9(15)5-8(11)14)18-13(20)17(2)12(19)7-16-18/h1,5-6,16H,4,7H2,2H3. The summed E-state index contributed by atoms with van der Waals surface area (Å²) in [5, 5.41) is 0.941. The van der Waals surface area contributed by atoms with E-state index in [2.05, 4.69) is 11.3 Å². The molecular weight excluding hydrogens is 301 g/mol. The minimum Gasteiger partial charge on any atom is -0.479 e. The van der Waals surface area contributed by atoms with E-state index in [1.165, 1.54) is 13.1 Å². The molecule has 1 aliphatic heterocycles. The fraction of sp³-hybridized carbons (Fsp3) is 0.231. The number of halogens is 2. The van der Waals surface area contributed by atoms with Gasteiger partial charge in [-0.25, -0.2) is 19.6 Å². The monoisotopic (exact) mass is 311 g/mol. The molecule has 0 bridgehead atoms. The third kappa shape index (κ3) is 2.91. The minimum absolute atomic E-state index is 0.0281. The van der Waals surface area contributed by atoms with Crippen LogP contribution >= 0.6 is 11.6 Å². The number of likely N-dealkylation sites (N-methyl/N-ethyl adjacent to an activating group) is 1. The number of hydrazine groups is 1. The molecular formula is C13H11ClFN3O3. The molecule has 0 radical (unpaired) electrons. The summed E-state index contributed by atoms with van der Waals surface area (Å²) in [6.07, 6.45) is 5.08. The van der Waals surface area contributed by atoms with E-state index in [1.807, 2.05) is 0 Å². The molecule has 2 rings (SSSR count). The fourth-order valence-corrected chi connectivity index (χ4v) is 1.90. The van der Waals surface area contributed by atoms with E-state index < -0.39 is 17.8 Å². The van der Waals surface area contributed by atoms with E-state index in [0.29, 0.717) is 0 Å². The zero-order valence-corrected chi connectivity index (χ0v) is 11.8. The number of terminal acetylenes is 1. The van der Waals surface area contributed by atoms with Gasteiger partial charge in [-0.3, -0.25) is 9.69 Å². The van der Waals surface area contributed by atoms with E-state index in [0.717, 1.165) is 16.0 Å². The maximum atomic E-state index is 14.0. The lowest BCUT2D eigenvalue weighted by Crippen LogP contribution is -2.59. The van der Waals surface area contributed by atoms with E-state index >= 15 is 0 Å². The van der Waals surface area contributed by atoms with E-state index in [-0.39, 0.29) is 29.6 Å². The van der Waals surface area contributed by atoms with Crippen LogP contribution in [0.3, 0.4) is 0 Å². The van der Waals surface area contributed by atoms with Crippen LogP contribution in [0.1, 0.15) is 0 Å². The number of benzene rings is 1. The number of carbonyl (C=O) groups excluding carboxylic acids is 2. The van der Waals surface area contributed by atoms with Crippen molar-refractivity contribution in [2.24, 2.45) is 0 Å². The van der Waals surface area contributed by atoms with Crippen molar-refractivity contribution >= 4 is 29.2 Å². The molecule has 1 N–H and O–H groups in total. The molecule has 1 aromatic rings. The largest absolute Gasteiger partial charge is 0.479 e. The molecule has 1 heterocycles. The highest BCUT2D eigenvalue weighted by Crippen LogP contribution is 2.32. The van der Waals surface area contributed by atoms with Crippen molar-refractivity contribution in [3.63, 3.8) is 0 Å². The van der Waals surface area contributed by atoms with Crippen LogP contribution in [0.15, 0.2) is 12.1 Å². The van der Waals surface area contributed by atoms with Crippen LogP contribution in [0.5, 0.6) is 5.75 Å². The Morgan fingerprint density at radius 1 is 1.52 bits per heavy atom. The van der Waals surface area contributed by atoms with E-state index in [1.54, 1.807) is 0 Å². The van der Waals surface area contributed by atoms with Crippen molar-refractivity contribution in [3.8, 4) is 18.1 Å². The minimum atomic E-state index is -0.739. The van der Waals surface area contributed by atoms with Crippen LogP contribution in [-0.4, -0.2) is 37.0 Å². The van der Waals surface area contributed by atoms with Gasteiger partial charge in [-0.05, 0) is 6.07 Å². The zero-order chi connectivity index (χ0) is 15.6. The molecule has 8 heteroatoms. The highest BCUT2D eigenvalue weighted by molar-refractivity contribution is 6.32. The van der Waals surface area contributed by atoms with Gasteiger partial charge in [0, 0.05) is 13.1 Å². The van der Waals surface area contributed by atoms with Crippen molar-refractivity contribution in [2.75, 3.05) is 25.2 Å². The summed E-state index contributed by atoms with van der Waals surface area (Å²) in [4.78, 5) is 24.3. The number of ether oxygens (including phenoxy) is 1. The van der Waals surface area contributed by atoms with Gasteiger partial charge in [0.05, 0.1) is 11.6 Å². The van der Waals surface area contributed by atoms with Crippen LogP contribution < -0.4 is 15.2 Å². The van der Waals surface area contributed by atoms with Gasteiger partial charge in [-0.1, -0.05) is 17.5 Å². The number of hydrogen-bond acceptors (Lipinski definition) is 4. The fourth-order valence-electron chi connectivity index (χ4n) is 1.70. The molecule has 1 aromatic carbocycles. The lowest BCUT2D eigenvalue weighted by atomic mass is 10.2. The number of hydrogen-bond donors (Lipinski definition) is 1. The maximum Gasteiger partial charge on any atom is 0.345 e. The van der Waals surface area contributed by atoms with Gasteiger partial charge < -0.3 is 4.74 Å². The van der Waals surface area contributed by atoms with Gasteiger partial charge in [0.25, 0.3) is 0 Å². The molecule has 1 saturated heterocycles. The van der Waals surface area contributed by atoms with Crippen LogP contribution in [0.2, 0.25) is 5.02 Å². The lowest BCUT2D eigenvalue weighted by molar-refractivity contribution is -0.127. The molecule has 1 aliphatic rings. The Morgan fingerprint density at radius 2 is 2.24 bits per heavy atom. The molecule has 0 aromatic heterocycles. The molecule has 0 spiro atoms. The Labute approximate surface area is 125 Å². The Kier molecular flexibility index (Phi) is 4.31. The summed E-state index contributed by atoms with van der Waals surface area (Å²) in [5.41, 5.74) is 2.41. The van der Waals surface area contributed by atoms with Crippen LogP contribution in [0.4, 0.5) is 14.9 Å². The second-order valence-corrected chi connectivity index (χ2v) is 4.54. The summed E-state index contributed by atoms with van der Waals surface area (Å²) in [6.45, 7) is -0.185. The Hall–Kier alpha value is -2.30. The molecule has 3 amide bonds. The number of imide groups is 1. The van der Waals surface area contributed by atoms with Gasteiger partial charge >= 0.3 is 6.03 Å². The van der Waals surface area contributed by atoms with Crippen LogP contribution in [-0.2, 0) is 4.79 Å². The average Bonchev–Trinajstić information content (AvgIpc) is 2.45. The normalized spacial score (nSPS) is 15.1. The number of carbonyl (C=O) groups is 2. The smallest absolute Gasteiger partial charge is 0.345 e. The van der Waals surface area contributed by atoms with Crippen LogP contribution in [0.25, 0.3) is 0 Å². The molecule has 0 aliphatic carbocycles. The Balaban J connectivity index is 2.37. The number of nitrogens with one attached hydrogen (secondary N) is 1. The molecule has 21 heavy (non-hydrogen) atoms. The number of urea groups is 1. The predicted molar refractivity (Wildman–Crippen MR) is 74.4 cm³/mol. The van der Waals surface area contributed by atoms with E-state index in [9.17, 15) is 14.0 Å². The third-order valence-electron chi connectivity index (χ3n) is 2.79. The quantitative estimate of drug-likeness (QED) is 0.857. The molecule has 1 fully saturated rings. The molecule has 0 saturated carbocycles. The summed E-state index contributed by atoms with van der Waals surface area (Å²) in [7, 11) is 1.31. The van der Waals surface area contributed by atoms with Gasteiger partial charge in [0.2, 0.25) is 5.91 Å². The van der Waals surface area contributed by atoms with Crippen molar-refractivity contribution in [3.05, 3.63) is 23.0 Å². The number of rotatable bonds is 3. The average molecular weight is 312 g/mol. The lowest BCUT2D eigenvalue weighted by Gasteiger charge is -2.32. The van der Waals surface area contributed by atoms with Gasteiger partial charge in [-0.15, -0.1) is 6.42 Å². The number of nitrogens with zero attached hydrogens (tertiary/aromatic N) is 2. The van der Waals surface area contributed by atoms with Crippen LogP contribution in [0, 0.1) is 18.2 Å². The molecule has 110 valence electrons. The van der Waals surface area contributed by atoms with Gasteiger partial charge in [0.1, 0.15) is 23.9 Å². The summed E-state index contributed by atoms with van der Waals surface area (Å²) in [6, 6.07) is 1.54. The Morgan fingerprint density at radius 3 is 2.90 bits per heavy atom. The highest BCUT2D eigenvalue weighted by atomic mass is 35.5. The number of amides is 3. The first-order valence-electron chi connectivity index (χ1n) is 5.85. The van der Waals surface area contributed by atoms with Crippen molar-refractivity contribution in [2.45, 2.75) is 0 Å². The molecule has 6 nitrogen and oxygen atoms in total. The zero-order valence-electron chi connectivity index (χ0n) is 11.0. The van der Waals surface area contributed by atoms with Gasteiger partial charge in [0.15, 0.2) is 0 Å². The molecule has 0 unspecified atom stereocenters. The predicted octanol–water partition coefficient (Wildman–Crippen LogP) is 1.39. The Bertz CT molecular complexity index is 644. The SMILES string of the molecule is C#CCOc1cc(N2NCC(=O)N(C)C2=O)c(F)cc1Cl. The second-order valence-electron chi connectivity index (χ2n) is 4.13. The molecule has 0 atom stereocenters. The first-order valence-corrected chi connectivity index (χ1v) is 6.23. The van der Waals surface area contributed by atoms with Crippen molar-refractivity contribution in [1.82, 2.24) is 10.3 Å². The topological polar surface area (TPSA) is 61.9 Å². The van der Waals surface area contributed by atoms with Crippen molar-refractivity contribution in [1.29, 1.82) is 0 Å². The first-order chi connectivity index (χ1) is 9.95. The number of anilines is 1. The van der Waals surface area contributed by atoms with E-state index in [4.69, 9.17) is 22.8 Å². The summed E-state index contributed by atoms with van der Waals surface area (Å²) < 4.78 is 19.2. The maximum absolute atomic E-state index is 14.0. The highest BCUT2D eigenvalue weighted by Gasteiger charge is 2.32. The third-order valence-corrected chi connectivity index (χ3v) is 3.09. The van der Waals surface area contributed by atoms with Gasteiger partial charge in [-0.2, -0.15) is 0 Å². The summed E-state index contributed by atoms with van der Waals surface area (Å²) >= 11 is 5.84. The summed E-state index contributed by atoms with van der Waals surface area (Å²) in [5.74, 6) is 1.23.